The van der Waals surface area contributed by atoms with Gasteiger partial charge in [0.15, 0.2) is 17.3 Å². The molecule has 14 heavy (non-hydrogen) atoms. The number of rotatable bonds is 3. The molecule has 1 rings (SSSR count). The minimum atomic E-state index is -0.482. The molecule has 1 aromatic carbocycles. The van der Waals surface area contributed by atoms with E-state index in [0.717, 1.165) is 12.1 Å². The van der Waals surface area contributed by atoms with Crippen LogP contribution in [0.5, 0.6) is 17.2 Å². The van der Waals surface area contributed by atoms with E-state index in [2.05, 4.69) is 0 Å². The monoisotopic (exact) mass is 196 g/mol. The third kappa shape index (κ3) is 1.96. The molecule has 76 valence electrons. The zero-order valence-electron chi connectivity index (χ0n) is 7.82. The second-order valence-electron chi connectivity index (χ2n) is 3.03. The third-order valence-corrected chi connectivity index (χ3v) is 1.85. The molecular formula is C10H12O4. The normalized spacial score (nSPS) is 10.1. The van der Waals surface area contributed by atoms with Crippen LogP contribution < -0.4 is 0 Å². The fourth-order valence-electron chi connectivity index (χ4n) is 1.18. The van der Waals surface area contributed by atoms with Crippen molar-refractivity contribution >= 4 is 5.78 Å². The summed E-state index contributed by atoms with van der Waals surface area (Å²) in [5.41, 5.74) is -0.0376. The minimum Gasteiger partial charge on any atom is -0.508 e. The molecule has 0 radical (unpaired) electrons. The Bertz CT molecular complexity index is 357. The van der Waals surface area contributed by atoms with Crippen molar-refractivity contribution in [1.29, 1.82) is 0 Å². The molecule has 0 atom stereocenters. The van der Waals surface area contributed by atoms with Crippen molar-refractivity contribution in [3.63, 3.8) is 0 Å². The number of carbonyl (C=O) groups excluding carboxylic acids is 1. The van der Waals surface area contributed by atoms with E-state index in [1.54, 1.807) is 0 Å². The number of benzene rings is 1. The van der Waals surface area contributed by atoms with Crippen LogP contribution >= 0.6 is 0 Å². The molecule has 0 aliphatic rings. The molecule has 0 saturated carbocycles. The van der Waals surface area contributed by atoms with Crippen molar-refractivity contribution in [2.24, 2.45) is 0 Å². The lowest BCUT2D eigenvalue weighted by Crippen LogP contribution is -1.98. The van der Waals surface area contributed by atoms with E-state index in [-0.39, 0.29) is 23.5 Å². The van der Waals surface area contributed by atoms with Crippen LogP contribution in [0.1, 0.15) is 30.1 Å². The molecule has 0 saturated heterocycles. The third-order valence-electron chi connectivity index (χ3n) is 1.85. The van der Waals surface area contributed by atoms with E-state index < -0.39 is 11.5 Å². The number of ketones is 1. The Hall–Kier alpha value is -1.71. The largest absolute Gasteiger partial charge is 0.508 e. The zero-order valence-corrected chi connectivity index (χ0v) is 7.82. The first-order valence-corrected chi connectivity index (χ1v) is 4.34. The van der Waals surface area contributed by atoms with Crippen LogP contribution in [0.25, 0.3) is 0 Å². The molecule has 0 fully saturated rings. The van der Waals surface area contributed by atoms with E-state index in [1.165, 1.54) is 0 Å². The fourth-order valence-corrected chi connectivity index (χ4v) is 1.18. The Morgan fingerprint density at radius 3 is 2.50 bits per heavy atom. The van der Waals surface area contributed by atoms with E-state index in [4.69, 9.17) is 10.2 Å². The molecule has 1 aromatic rings. The maximum absolute atomic E-state index is 11.4. The lowest BCUT2D eigenvalue weighted by Gasteiger charge is -2.05. The zero-order chi connectivity index (χ0) is 10.7. The summed E-state index contributed by atoms with van der Waals surface area (Å²) in [5.74, 6) is -1.48. The topological polar surface area (TPSA) is 77.8 Å². The Labute approximate surface area is 81.4 Å². The molecular weight excluding hydrogens is 184 g/mol. The molecule has 0 spiro atoms. The molecule has 3 N–H and O–H groups in total. The second-order valence-corrected chi connectivity index (χ2v) is 3.03. The molecule has 0 amide bonds. The molecule has 0 aliphatic heterocycles. The Morgan fingerprint density at radius 2 is 1.93 bits per heavy atom. The van der Waals surface area contributed by atoms with Crippen molar-refractivity contribution in [2.45, 2.75) is 19.8 Å². The van der Waals surface area contributed by atoms with Gasteiger partial charge in [-0.25, -0.2) is 0 Å². The lowest BCUT2D eigenvalue weighted by molar-refractivity contribution is 0.0978. The van der Waals surface area contributed by atoms with E-state index in [1.807, 2.05) is 6.92 Å². The van der Waals surface area contributed by atoms with Gasteiger partial charge in [-0.2, -0.15) is 0 Å². The maximum Gasteiger partial charge on any atom is 0.168 e. The predicted octanol–water partition coefficient (Wildman–Crippen LogP) is 1.79. The summed E-state index contributed by atoms with van der Waals surface area (Å²) < 4.78 is 0. The Balaban J connectivity index is 3.13. The van der Waals surface area contributed by atoms with Gasteiger partial charge in [0.25, 0.3) is 0 Å². The van der Waals surface area contributed by atoms with Gasteiger partial charge in [-0.05, 0) is 12.5 Å². The van der Waals surface area contributed by atoms with Crippen molar-refractivity contribution in [3.8, 4) is 17.2 Å². The lowest BCUT2D eigenvalue weighted by atomic mass is 10.1. The number of aromatic hydroxyl groups is 3. The van der Waals surface area contributed by atoms with Gasteiger partial charge in [0, 0.05) is 12.5 Å². The highest BCUT2D eigenvalue weighted by molar-refractivity contribution is 5.99. The predicted molar refractivity (Wildman–Crippen MR) is 50.7 cm³/mol. The first-order valence-electron chi connectivity index (χ1n) is 4.34. The molecule has 0 heterocycles. The number of hydrogen-bond acceptors (Lipinski definition) is 4. The number of phenolic OH excluding ortho intramolecular Hbond substituents is 3. The summed E-state index contributed by atoms with van der Waals surface area (Å²) in [4.78, 5) is 11.4. The summed E-state index contributed by atoms with van der Waals surface area (Å²) in [6, 6.07) is 2.13. The Morgan fingerprint density at radius 1 is 1.29 bits per heavy atom. The standard InChI is InChI=1S/C10H12O4/c1-2-3-8(12)7-4-6(11)5-9(13)10(7)14/h4-5,11,13-14H,2-3H2,1H3. The van der Waals surface area contributed by atoms with Crippen molar-refractivity contribution in [2.75, 3.05) is 0 Å². The molecule has 0 bridgehead atoms. The number of phenols is 3. The number of hydrogen-bond donors (Lipinski definition) is 3. The highest BCUT2D eigenvalue weighted by Crippen LogP contribution is 2.33. The quantitative estimate of drug-likeness (QED) is 0.391. The summed E-state index contributed by atoms with van der Waals surface area (Å²) >= 11 is 0. The van der Waals surface area contributed by atoms with E-state index >= 15 is 0 Å². The Kier molecular flexibility index (Phi) is 2.96. The maximum atomic E-state index is 11.4. The van der Waals surface area contributed by atoms with Crippen LogP contribution in [0.4, 0.5) is 0 Å². The first kappa shape index (κ1) is 10.4. The number of carbonyl (C=O) groups is 1. The smallest absolute Gasteiger partial charge is 0.168 e. The molecule has 4 heteroatoms. The van der Waals surface area contributed by atoms with Gasteiger partial charge in [-0.1, -0.05) is 6.92 Å². The molecule has 0 aliphatic carbocycles. The van der Waals surface area contributed by atoms with E-state index in [9.17, 15) is 9.90 Å². The fraction of sp³-hybridized carbons (Fsp3) is 0.300. The van der Waals surface area contributed by atoms with Crippen LogP contribution in [0, 0.1) is 0 Å². The van der Waals surface area contributed by atoms with Crippen LogP contribution in [0.15, 0.2) is 12.1 Å². The van der Waals surface area contributed by atoms with Crippen molar-refractivity contribution < 1.29 is 20.1 Å². The first-order chi connectivity index (χ1) is 6.56. The summed E-state index contributed by atoms with van der Waals surface area (Å²) in [6.45, 7) is 1.83. The SMILES string of the molecule is CCCC(=O)c1cc(O)cc(O)c1O. The van der Waals surface area contributed by atoms with Gasteiger partial charge < -0.3 is 15.3 Å². The van der Waals surface area contributed by atoms with Crippen LogP contribution in [-0.2, 0) is 0 Å². The van der Waals surface area contributed by atoms with Gasteiger partial charge in [0.2, 0.25) is 0 Å². The van der Waals surface area contributed by atoms with Crippen molar-refractivity contribution in [1.82, 2.24) is 0 Å². The van der Waals surface area contributed by atoms with Gasteiger partial charge in [-0.15, -0.1) is 0 Å². The highest BCUT2D eigenvalue weighted by Gasteiger charge is 2.14. The summed E-state index contributed by atoms with van der Waals surface area (Å²) in [5, 5.41) is 27.6. The van der Waals surface area contributed by atoms with Crippen molar-refractivity contribution in [3.05, 3.63) is 17.7 Å². The molecule has 0 unspecified atom stereocenters. The average Bonchev–Trinajstić information content (AvgIpc) is 2.11. The minimum absolute atomic E-state index is 0.0376. The summed E-state index contributed by atoms with van der Waals surface area (Å²) in [7, 11) is 0. The molecule has 4 nitrogen and oxygen atoms in total. The summed E-state index contributed by atoms with van der Waals surface area (Å²) in [6.07, 6.45) is 0.922. The van der Waals surface area contributed by atoms with E-state index in [0.29, 0.717) is 6.42 Å². The van der Waals surface area contributed by atoms with Crippen LogP contribution in [0.3, 0.4) is 0 Å². The average molecular weight is 196 g/mol. The number of Topliss-reactive ketones (excluding diaryl/α,β-unsaturated/α-hetero) is 1. The van der Waals surface area contributed by atoms with Gasteiger partial charge in [-0.3, -0.25) is 4.79 Å². The molecule has 0 aromatic heterocycles. The second kappa shape index (κ2) is 4.00. The van der Waals surface area contributed by atoms with Crippen LogP contribution in [0.2, 0.25) is 0 Å². The van der Waals surface area contributed by atoms with Gasteiger partial charge in [0.05, 0.1) is 5.56 Å². The van der Waals surface area contributed by atoms with Gasteiger partial charge in [0.1, 0.15) is 5.75 Å². The highest BCUT2D eigenvalue weighted by atomic mass is 16.3. The van der Waals surface area contributed by atoms with Crippen LogP contribution in [-0.4, -0.2) is 21.1 Å². The van der Waals surface area contributed by atoms with Gasteiger partial charge >= 0.3 is 0 Å².